The summed E-state index contributed by atoms with van der Waals surface area (Å²) in [6.07, 6.45) is -2.01. The van der Waals surface area contributed by atoms with Crippen molar-refractivity contribution < 1.29 is 19.7 Å². The van der Waals surface area contributed by atoms with Crippen LogP contribution in [0.5, 0.6) is 0 Å². The summed E-state index contributed by atoms with van der Waals surface area (Å²) in [6, 6.07) is 7.86. The van der Waals surface area contributed by atoms with Gasteiger partial charge in [0.2, 0.25) is 0 Å². The van der Waals surface area contributed by atoms with Gasteiger partial charge in [-0.3, -0.25) is 19.1 Å². The van der Waals surface area contributed by atoms with E-state index in [1.54, 1.807) is 30.3 Å². The molecule has 1 aliphatic rings. The highest BCUT2D eigenvalue weighted by atomic mass is 16.6. The summed E-state index contributed by atoms with van der Waals surface area (Å²) in [7, 11) is 0. The van der Waals surface area contributed by atoms with Crippen LogP contribution in [0.4, 0.5) is 0 Å². The second-order valence-electron chi connectivity index (χ2n) is 6.10. The minimum Gasteiger partial charge on any atom is -0.387 e. The van der Waals surface area contributed by atoms with Gasteiger partial charge in [0, 0.05) is 24.4 Å². The maximum Gasteiger partial charge on any atom is 0.330 e. The van der Waals surface area contributed by atoms with E-state index in [4.69, 9.17) is 4.74 Å². The molecule has 0 bridgehead atoms. The van der Waals surface area contributed by atoms with Crippen LogP contribution < -0.4 is 16.6 Å². The number of amides is 1. The molecule has 1 amide bonds. The SMILES string of the molecule is C=Cc1ccc(C(=O)NC[C@H]2O[C@@H](n3ccc(=O)[nH]c3=O)[C@H](O)[C@@H]2O)cc1. The fourth-order valence-electron chi connectivity index (χ4n) is 2.82. The van der Waals surface area contributed by atoms with Gasteiger partial charge in [-0.2, -0.15) is 0 Å². The highest BCUT2D eigenvalue weighted by Crippen LogP contribution is 2.27. The minimum atomic E-state index is -1.40. The predicted molar refractivity (Wildman–Crippen MR) is 96.1 cm³/mol. The molecule has 4 N–H and O–H groups in total. The fraction of sp³-hybridized carbons (Fsp3) is 0.278. The normalized spacial score (nSPS) is 24.5. The maximum absolute atomic E-state index is 12.2. The third-order valence-electron chi connectivity index (χ3n) is 4.33. The van der Waals surface area contributed by atoms with Crippen LogP contribution in [0, 0.1) is 0 Å². The van der Waals surface area contributed by atoms with Gasteiger partial charge in [-0.1, -0.05) is 24.8 Å². The predicted octanol–water partition coefficient (Wildman–Crippen LogP) is -0.771. The molecule has 9 heteroatoms. The lowest BCUT2D eigenvalue weighted by Gasteiger charge is -2.16. The van der Waals surface area contributed by atoms with Crippen molar-refractivity contribution in [3.05, 3.63) is 75.1 Å². The van der Waals surface area contributed by atoms with Gasteiger partial charge in [0.1, 0.15) is 18.3 Å². The smallest absolute Gasteiger partial charge is 0.330 e. The lowest BCUT2D eigenvalue weighted by Crippen LogP contribution is -2.40. The molecule has 0 saturated carbocycles. The lowest BCUT2D eigenvalue weighted by molar-refractivity contribution is -0.0387. The average molecular weight is 373 g/mol. The Morgan fingerprint density at radius 2 is 1.93 bits per heavy atom. The second-order valence-corrected chi connectivity index (χ2v) is 6.10. The quantitative estimate of drug-likeness (QED) is 0.544. The number of rotatable bonds is 5. The van der Waals surface area contributed by atoms with Crippen LogP contribution in [0.25, 0.3) is 6.08 Å². The van der Waals surface area contributed by atoms with Gasteiger partial charge in [-0.15, -0.1) is 0 Å². The van der Waals surface area contributed by atoms with Gasteiger partial charge in [0.25, 0.3) is 11.5 Å². The molecule has 1 fully saturated rings. The van der Waals surface area contributed by atoms with E-state index in [0.717, 1.165) is 16.2 Å². The molecule has 1 saturated heterocycles. The molecule has 1 aromatic heterocycles. The minimum absolute atomic E-state index is 0.0745. The van der Waals surface area contributed by atoms with Crippen molar-refractivity contribution in [2.24, 2.45) is 0 Å². The van der Waals surface area contributed by atoms with Crippen LogP contribution in [0.1, 0.15) is 22.1 Å². The summed E-state index contributed by atoms with van der Waals surface area (Å²) in [5.41, 5.74) is -0.0678. The van der Waals surface area contributed by atoms with Gasteiger partial charge in [-0.05, 0) is 17.7 Å². The summed E-state index contributed by atoms with van der Waals surface area (Å²) in [5, 5.41) is 22.9. The number of benzene rings is 1. The Kier molecular flexibility index (Phi) is 5.36. The van der Waals surface area contributed by atoms with Crippen molar-refractivity contribution in [2.75, 3.05) is 6.54 Å². The molecule has 27 heavy (non-hydrogen) atoms. The molecule has 3 rings (SSSR count). The molecular weight excluding hydrogens is 354 g/mol. The molecule has 0 unspecified atom stereocenters. The first kappa shape index (κ1) is 18.8. The van der Waals surface area contributed by atoms with E-state index in [-0.39, 0.29) is 12.5 Å². The van der Waals surface area contributed by atoms with Crippen molar-refractivity contribution in [1.29, 1.82) is 0 Å². The topological polar surface area (TPSA) is 134 Å². The van der Waals surface area contributed by atoms with Crippen molar-refractivity contribution in [3.8, 4) is 0 Å². The molecular formula is C18H19N3O6. The summed E-state index contributed by atoms with van der Waals surface area (Å²) < 4.78 is 6.51. The van der Waals surface area contributed by atoms with Crippen molar-refractivity contribution in [2.45, 2.75) is 24.5 Å². The highest BCUT2D eigenvalue weighted by molar-refractivity contribution is 5.94. The molecule has 0 radical (unpaired) electrons. The zero-order chi connectivity index (χ0) is 19.6. The number of carbonyl (C=O) groups is 1. The van der Waals surface area contributed by atoms with Crippen LogP contribution >= 0.6 is 0 Å². The fourth-order valence-corrected chi connectivity index (χ4v) is 2.82. The Morgan fingerprint density at radius 3 is 2.56 bits per heavy atom. The van der Waals surface area contributed by atoms with E-state index in [1.807, 2.05) is 4.98 Å². The van der Waals surface area contributed by atoms with E-state index in [2.05, 4.69) is 11.9 Å². The lowest BCUT2D eigenvalue weighted by atomic mass is 10.1. The molecule has 1 aromatic carbocycles. The number of hydrogen-bond donors (Lipinski definition) is 4. The maximum atomic E-state index is 12.2. The number of nitrogens with one attached hydrogen (secondary N) is 2. The number of aromatic amines is 1. The first-order chi connectivity index (χ1) is 12.9. The molecule has 0 spiro atoms. The number of hydrogen-bond acceptors (Lipinski definition) is 6. The Morgan fingerprint density at radius 1 is 1.22 bits per heavy atom. The van der Waals surface area contributed by atoms with Gasteiger partial charge in [-0.25, -0.2) is 4.79 Å². The molecule has 4 atom stereocenters. The van der Waals surface area contributed by atoms with Gasteiger partial charge < -0.3 is 20.3 Å². The van der Waals surface area contributed by atoms with Crippen LogP contribution in [-0.2, 0) is 4.74 Å². The van der Waals surface area contributed by atoms with Crippen molar-refractivity contribution >= 4 is 12.0 Å². The number of aliphatic hydroxyl groups is 2. The number of aliphatic hydroxyl groups excluding tert-OH is 2. The molecule has 2 aromatic rings. The summed E-state index contributed by atoms with van der Waals surface area (Å²) >= 11 is 0. The van der Waals surface area contributed by atoms with Crippen molar-refractivity contribution in [1.82, 2.24) is 14.9 Å². The number of H-pyrrole nitrogens is 1. The number of aromatic nitrogens is 2. The zero-order valence-corrected chi connectivity index (χ0v) is 14.2. The molecule has 1 aliphatic heterocycles. The van der Waals surface area contributed by atoms with E-state index in [1.165, 1.54) is 6.20 Å². The molecule has 142 valence electrons. The third kappa shape index (κ3) is 3.90. The summed E-state index contributed by atoms with van der Waals surface area (Å²) in [4.78, 5) is 37.2. The van der Waals surface area contributed by atoms with Gasteiger partial charge >= 0.3 is 5.69 Å². The Bertz CT molecular complexity index is 949. The van der Waals surface area contributed by atoms with E-state index >= 15 is 0 Å². The van der Waals surface area contributed by atoms with E-state index in [0.29, 0.717) is 5.56 Å². The summed E-state index contributed by atoms with van der Waals surface area (Å²) in [5.74, 6) is -0.374. The van der Waals surface area contributed by atoms with E-state index < -0.39 is 35.8 Å². The number of carbonyl (C=O) groups excluding carboxylic acids is 1. The van der Waals surface area contributed by atoms with Crippen LogP contribution in [0.2, 0.25) is 0 Å². The number of ether oxygens (including phenoxy) is 1. The first-order valence-corrected chi connectivity index (χ1v) is 8.24. The average Bonchev–Trinajstić information content (AvgIpc) is 2.94. The Hall–Kier alpha value is -3.01. The standard InChI is InChI=1S/C18H19N3O6/c1-2-10-3-5-11(6-4-10)16(25)19-9-12-14(23)15(24)17(27-12)21-8-7-13(22)20-18(21)26/h2-8,12,14-15,17,23-24H,1,9H2,(H,19,25)(H,20,22,26)/t12-,14-,15-,17-/m1/s1. The van der Waals surface area contributed by atoms with E-state index in [9.17, 15) is 24.6 Å². The third-order valence-corrected chi connectivity index (χ3v) is 4.33. The molecule has 2 heterocycles. The van der Waals surface area contributed by atoms with Gasteiger partial charge in [0.05, 0.1) is 0 Å². The number of nitrogens with zero attached hydrogens (tertiary/aromatic N) is 1. The van der Waals surface area contributed by atoms with Crippen LogP contribution in [0.15, 0.2) is 52.7 Å². The first-order valence-electron chi connectivity index (χ1n) is 8.24. The Balaban J connectivity index is 1.67. The van der Waals surface area contributed by atoms with Crippen LogP contribution in [0.3, 0.4) is 0 Å². The monoisotopic (exact) mass is 373 g/mol. The molecule has 9 nitrogen and oxygen atoms in total. The largest absolute Gasteiger partial charge is 0.387 e. The van der Waals surface area contributed by atoms with Gasteiger partial charge in [0.15, 0.2) is 6.23 Å². The second kappa shape index (κ2) is 7.70. The highest BCUT2D eigenvalue weighted by Gasteiger charge is 2.44. The molecule has 0 aliphatic carbocycles. The zero-order valence-electron chi connectivity index (χ0n) is 14.2. The van der Waals surface area contributed by atoms with Crippen LogP contribution in [-0.4, -0.2) is 50.5 Å². The summed E-state index contributed by atoms with van der Waals surface area (Å²) in [6.45, 7) is 3.57. The Labute approximate surface area is 153 Å². The van der Waals surface area contributed by atoms with Crippen molar-refractivity contribution in [3.63, 3.8) is 0 Å².